The Balaban J connectivity index is 2.52. The number of hydrogen-bond acceptors (Lipinski definition) is 3. The molecule has 5 nitrogen and oxygen atoms in total. The van der Waals surface area contributed by atoms with E-state index in [1.54, 1.807) is 0 Å². The van der Waals surface area contributed by atoms with E-state index in [9.17, 15) is 9.59 Å². The third-order valence-electron chi connectivity index (χ3n) is 2.82. The van der Waals surface area contributed by atoms with Gasteiger partial charge >= 0.3 is 5.97 Å². The summed E-state index contributed by atoms with van der Waals surface area (Å²) in [5.74, 6) is -1.11. The van der Waals surface area contributed by atoms with E-state index in [4.69, 9.17) is 10.8 Å². The Hall–Kier alpha value is -1.10. The molecule has 1 amide bonds. The molecule has 1 saturated carbocycles. The number of carbonyl (C=O) groups excluding carboxylic acids is 1. The molecule has 4 N–H and O–H groups in total. The van der Waals surface area contributed by atoms with Crippen molar-refractivity contribution in [2.45, 2.75) is 25.7 Å². The molecule has 80 valence electrons. The Morgan fingerprint density at radius 2 is 1.93 bits per heavy atom. The van der Waals surface area contributed by atoms with Gasteiger partial charge in [0, 0.05) is 6.54 Å². The minimum absolute atomic E-state index is 0.0876. The number of carboxylic acid groups (broad SMARTS) is 1. The van der Waals surface area contributed by atoms with Crippen LogP contribution >= 0.6 is 0 Å². The molecule has 1 fully saturated rings. The number of carboxylic acids is 1. The fraction of sp³-hybridized carbons (Fsp3) is 0.778. The molecule has 1 aliphatic rings. The quantitative estimate of drug-likeness (QED) is 0.581. The van der Waals surface area contributed by atoms with Gasteiger partial charge in [0.15, 0.2) is 0 Å². The highest BCUT2D eigenvalue weighted by Crippen LogP contribution is 2.37. The van der Waals surface area contributed by atoms with E-state index < -0.39 is 11.4 Å². The summed E-state index contributed by atoms with van der Waals surface area (Å²) in [7, 11) is 0. The lowest BCUT2D eigenvalue weighted by Gasteiger charge is -2.23. The van der Waals surface area contributed by atoms with Gasteiger partial charge in [-0.05, 0) is 12.8 Å². The molecule has 0 saturated heterocycles. The molecule has 0 aromatic carbocycles. The first-order chi connectivity index (χ1) is 6.60. The van der Waals surface area contributed by atoms with Gasteiger partial charge < -0.3 is 16.2 Å². The van der Waals surface area contributed by atoms with E-state index in [2.05, 4.69) is 5.32 Å². The maximum Gasteiger partial charge on any atom is 0.311 e. The summed E-state index contributed by atoms with van der Waals surface area (Å²) in [5.41, 5.74) is 4.37. The Morgan fingerprint density at radius 1 is 1.36 bits per heavy atom. The highest BCUT2D eigenvalue weighted by molar-refractivity contribution is 5.80. The topological polar surface area (TPSA) is 92.4 Å². The highest BCUT2D eigenvalue weighted by atomic mass is 16.4. The summed E-state index contributed by atoms with van der Waals surface area (Å²) in [6.45, 7) is 0.119. The molecular weight excluding hydrogens is 184 g/mol. The number of nitrogens with two attached hydrogens (primary N) is 1. The minimum Gasteiger partial charge on any atom is -0.481 e. The normalized spacial score (nSPS) is 19.2. The summed E-state index contributed by atoms with van der Waals surface area (Å²) in [4.78, 5) is 21.9. The zero-order valence-corrected chi connectivity index (χ0v) is 8.08. The van der Waals surface area contributed by atoms with Crippen molar-refractivity contribution >= 4 is 11.9 Å². The largest absolute Gasteiger partial charge is 0.481 e. The standard InChI is InChI=1S/C9H16N2O3/c10-5-7(12)11-6-9(8(13)14)3-1-2-4-9/h1-6,10H2,(H,11,12)(H,13,14). The van der Waals surface area contributed by atoms with Crippen LogP contribution in [0.2, 0.25) is 0 Å². The van der Waals surface area contributed by atoms with Gasteiger partial charge in [-0.15, -0.1) is 0 Å². The fourth-order valence-electron chi connectivity index (χ4n) is 1.86. The molecule has 0 spiro atoms. The Bertz CT molecular complexity index is 234. The lowest BCUT2D eigenvalue weighted by molar-refractivity contribution is -0.148. The molecule has 1 rings (SSSR count). The average molecular weight is 200 g/mol. The summed E-state index contributed by atoms with van der Waals surface area (Å²) < 4.78 is 0. The zero-order valence-electron chi connectivity index (χ0n) is 8.08. The first kappa shape index (κ1) is 11.0. The van der Waals surface area contributed by atoms with Gasteiger partial charge in [-0.2, -0.15) is 0 Å². The molecule has 14 heavy (non-hydrogen) atoms. The molecule has 0 atom stereocenters. The summed E-state index contributed by atoms with van der Waals surface area (Å²) in [6, 6.07) is 0. The van der Waals surface area contributed by atoms with Gasteiger partial charge in [-0.1, -0.05) is 12.8 Å². The molecule has 0 radical (unpaired) electrons. The fourth-order valence-corrected chi connectivity index (χ4v) is 1.86. The molecule has 0 unspecified atom stereocenters. The summed E-state index contributed by atoms with van der Waals surface area (Å²) >= 11 is 0. The number of nitrogens with one attached hydrogen (secondary N) is 1. The van der Waals surface area contributed by atoms with Gasteiger partial charge in [-0.25, -0.2) is 0 Å². The molecule has 0 aromatic heterocycles. The Kier molecular flexibility index (Phi) is 3.46. The molecule has 0 bridgehead atoms. The lowest BCUT2D eigenvalue weighted by atomic mass is 9.86. The number of hydrogen-bond donors (Lipinski definition) is 3. The van der Waals surface area contributed by atoms with Crippen LogP contribution in [0.15, 0.2) is 0 Å². The van der Waals surface area contributed by atoms with Gasteiger partial charge in [-0.3, -0.25) is 9.59 Å². The van der Waals surface area contributed by atoms with E-state index in [1.165, 1.54) is 0 Å². The second-order valence-corrected chi connectivity index (χ2v) is 3.77. The van der Waals surface area contributed by atoms with Crippen LogP contribution < -0.4 is 11.1 Å². The van der Waals surface area contributed by atoms with Crippen molar-refractivity contribution in [2.24, 2.45) is 11.1 Å². The van der Waals surface area contributed by atoms with E-state index in [0.717, 1.165) is 12.8 Å². The molecule has 1 aliphatic carbocycles. The molecular formula is C9H16N2O3. The van der Waals surface area contributed by atoms with Crippen LogP contribution in [0.3, 0.4) is 0 Å². The number of aliphatic carboxylic acids is 1. The van der Waals surface area contributed by atoms with Crippen molar-refractivity contribution in [3.8, 4) is 0 Å². The van der Waals surface area contributed by atoms with Crippen molar-refractivity contribution in [3.63, 3.8) is 0 Å². The average Bonchev–Trinajstić information content (AvgIpc) is 2.64. The highest BCUT2D eigenvalue weighted by Gasteiger charge is 2.41. The van der Waals surface area contributed by atoms with Crippen molar-refractivity contribution in [1.29, 1.82) is 0 Å². The van der Waals surface area contributed by atoms with Crippen LogP contribution in [0.4, 0.5) is 0 Å². The van der Waals surface area contributed by atoms with Crippen molar-refractivity contribution in [1.82, 2.24) is 5.32 Å². The van der Waals surface area contributed by atoms with Crippen molar-refractivity contribution in [2.75, 3.05) is 13.1 Å². The van der Waals surface area contributed by atoms with Gasteiger partial charge in [0.1, 0.15) is 0 Å². The third kappa shape index (κ3) is 2.23. The zero-order chi connectivity index (χ0) is 10.6. The smallest absolute Gasteiger partial charge is 0.311 e. The monoisotopic (exact) mass is 200 g/mol. The summed E-state index contributed by atoms with van der Waals surface area (Å²) in [5, 5.41) is 11.6. The minimum atomic E-state index is -0.813. The predicted octanol–water partition coefficient (Wildman–Crippen LogP) is -0.294. The number of amides is 1. The maximum absolute atomic E-state index is 11.0. The molecule has 0 aromatic rings. The van der Waals surface area contributed by atoms with Gasteiger partial charge in [0.05, 0.1) is 12.0 Å². The van der Waals surface area contributed by atoms with Crippen molar-refractivity contribution < 1.29 is 14.7 Å². The Morgan fingerprint density at radius 3 is 2.36 bits per heavy atom. The third-order valence-corrected chi connectivity index (χ3v) is 2.82. The second kappa shape index (κ2) is 4.41. The van der Waals surface area contributed by atoms with Crippen LogP contribution in [0, 0.1) is 5.41 Å². The van der Waals surface area contributed by atoms with Crippen LogP contribution in [0.25, 0.3) is 0 Å². The second-order valence-electron chi connectivity index (χ2n) is 3.77. The lowest BCUT2D eigenvalue weighted by Crippen LogP contribution is -2.43. The molecule has 0 aliphatic heterocycles. The van der Waals surface area contributed by atoms with E-state index in [-0.39, 0.29) is 19.0 Å². The van der Waals surface area contributed by atoms with Crippen LogP contribution in [-0.2, 0) is 9.59 Å². The van der Waals surface area contributed by atoms with E-state index in [1.807, 2.05) is 0 Å². The van der Waals surface area contributed by atoms with E-state index in [0.29, 0.717) is 12.8 Å². The van der Waals surface area contributed by atoms with Crippen LogP contribution in [0.5, 0.6) is 0 Å². The number of rotatable bonds is 4. The first-order valence-corrected chi connectivity index (χ1v) is 4.81. The van der Waals surface area contributed by atoms with Crippen molar-refractivity contribution in [3.05, 3.63) is 0 Å². The van der Waals surface area contributed by atoms with Gasteiger partial charge in [0.2, 0.25) is 5.91 Å². The maximum atomic E-state index is 11.0. The summed E-state index contributed by atoms with van der Waals surface area (Å²) in [6.07, 6.45) is 3.13. The first-order valence-electron chi connectivity index (χ1n) is 4.81. The molecule has 5 heteroatoms. The Labute approximate surface area is 82.7 Å². The number of carbonyl (C=O) groups is 2. The predicted molar refractivity (Wildman–Crippen MR) is 50.6 cm³/mol. The van der Waals surface area contributed by atoms with Crippen LogP contribution in [0.1, 0.15) is 25.7 Å². The van der Waals surface area contributed by atoms with Gasteiger partial charge in [0.25, 0.3) is 0 Å². The SMILES string of the molecule is NCC(=O)NCC1(C(=O)O)CCCC1. The molecule has 0 heterocycles. The van der Waals surface area contributed by atoms with Crippen LogP contribution in [-0.4, -0.2) is 30.1 Å². The van der Waals surface area contributed by atoms with E-state index >= 15 is 0 Å².